The van der Waals surface area contributed by atoms with Gasteiger partial charge in [-0.15, -0.1) is 0 Å². The fraction of sp³-hybridized carbons (Fsp3) is 0.190. The van der Waals surface area contributed by atoms with E-state index in [0.717, 1.165) is 10.8 Å². The molecule has 0 aliphatic rings. The minimum Gasteiger partial charge on any atom is -0.350 e. The summed E-state index contributed by atoms with van der Waals surface area (Å²) < 4.78 is 14.3. The van der Waals surface area contributed by atoms with Gasteiger partial charge in [0.25, 0.3) is 5.91 Å². The van der Waals surface area contributed by atoms with Crippen LogP contribution < -0.4 is 5.32 Å². The number of likely N-dealkylation sites (N-methyl/N-ethyl adjacent to an activating group) is 1. The van der Waals surface area contributed by atoms with Crippen LogP contribution in [0.4, 0.5) is 4.39 Å². The third kappa shape index (κ3) is 3.87. The molecule has 0 saturated carbocycles. The zero-order valence-electron chi connectivity index (χ0n) is 14.7. The lowest BCUT2D eigenvalue weighted by atomic mass is 10.0. The molecule has 3 aromatic carbocycles. The number of hydrogen-bond acceptors (Lipinski definition) is 2. The van der Waals surface area contributed by atoms with Gasteiger partial charge in [-0.1, -0.05) is 48.0 Å². The molecule has 3 rings (SSSR count). The maximum atomic E-state index is 14.3. The van der Waals surface area contributed by atoms with Crippen LogP contribution in [0.3, 0.4) is 0 Å². The average molecular weight is 371 g/mol. The number of halogens is 2. The number of fused-ring (bicyclic) bond motifs is 1. The Balaban J connectivity index is 1.79. The number of amides is 1. The highest BCUT2D eigenvalue weighted by Crippen LogP contribution is 2.28. The monoisotopic (exact) mass is 370 g/mol. The molecule has 0 radical (unpaired) electrons. The smallest absolute Gasteiger partial charge is 0.251 e. The van der Waals surface area contributed by atoms with Crippen molar-refractivity contribution in [3.8, 4) is 0 Å². The molecular weight excluding hydrogens is 351 g/mol. The summed E-state index contributed by atoms with van der Waals surface area (Å²) in [5, 5.41) is 5.32. The number of nitrogens with one attached hydrogen (secondary N) is 1. The molecule has 0 heterocycles. The van der Waals surface area contributed by atoms with Crippen molar-refractivity contribution in [2.45, 2.75) is 6.04 Å². The molecule has 134 valence electrons. The topological polar surface area (TPSA) is 32.3 Å². The predicted octanol–water partition coefficient (Wildman–Crippen LogP) is 4.67. The molecule has 1 atom stereocenters. The third-order valence-electron chi connectivity index (χ3n) is 4.42. The molecule has 0 aliphatic heterocycles. The normalized spacial score (nSPS) is 12.3. The lowest BCUT2D eigenvalue weighted by Gasteiger charge is -2.26. The maximum Gasteiger partial charge on any atom is 0.251 e. The first kappa shape index (κ1) is 18.4. The Morgan fingerprint density at radius 1 is 1.08 bits per heavy atom. The van der Waals surface area contributed by atoms with E-state index in [1.165, 1.54) is 6.07 Å². The molecule has 1 amide bonds. The summed E-state index contributed by atoms with van der Waals surface area (Å²) in [6.07, 6.45) is 0. The summed E-state index contributed by atoms with van der Waals surface area (Å²) in [5.74, 6) is -0.578. The summed E-state index contributed by atoms with van der Waals surface area (Å²) in [6.45, 7) is 0.249. The Morgan fingerprint density at radius 2 is 1.81 bits per heavy atom. The van der Waals surface area contributed by atoms with E-state index in [2.05, 4.69) is 5.32 Å². The minimum atomic E-state index is -0.379. The first-order valence-electron chi connectivity index (χ1n) is 8.34. The largest absolute Gasteiger partial charge is 0.350 e. The van der Waals surface area contributed by atoms with Crippen LogP contribution in [0.5, 0.6) is 0 Å². The molecule has 0 saturated heterocycles. The van der Waals surface area contributed by atoms with Crippen molar-refractivity contribution in [2.24, 2.45) is 0 Å². The van der Waals surface area contributed by atoms with E-state index in [1.54, 1.807) is 18.2 Å². The standard InChI is InChI=1S/C21H20ClFN2O/c1-25(2)19(20-17(22)8-5-9-18(20)23)13-24-21(26)16-11-10-14-6-3-4-7-15(14)12-16/h3-12,19H,13H2,1-2H3,(H,24,26)/t19-/m1/s1. The highest BCUT2D eigenvalue weighted by atomic mass is 35.5. The van der Waals surface area contributed by atoms with Gasteiger partial charge in [-0.3, -0.25) is 4.79 Å². The number of benzene rings is 3. The highest BCUT2D eigenvalue weighted by Gasteiger charge is 2.22. The summed E-state index contributed by atoms with van der Waals surface area (Å²) in [6, 6.07) is 17.7. The SMILES string of the molecule is CN(C)[C@H](CNC(=O)c1ccc2ccccc2c1)c1c(F)cccc1Cl. The Morgan fingerprint density at radius 3 is 2.50 bits per heavy atom. The summed E-state index contributed by atoms with van der Waals surface area (Å²) >= 11 is 6.19. The Hall–Kier alpha value is -2.43. The second-order valence-electron chi connectivity index (χ2n) is 6.39. The molecule has 0 spiro atoms. The van der Waals surface area contributed by atoms with E-state index < -0.39 is 0 Å². The molecule has 1 N–H and O–H groups in total. The maximum absolute atomic E-state index is 14.3. The van der Waals surface area contributed by atoms with E-state index in [-0.39, 0.29) is 24.3 Å². The van der Waals surface area contributed by atoms with Gasteiger partial charge in [0.2, 0.25) is 0 Å². The van der Waals surface area contributed by atoms with Crippen molar-refractivity contribution in [3.05, 3.63) is 82.6 Å². The van der Waals surface area contributed by atoms with Crippen LogP contribution in [0.2, 0.25) is 5.02 Å². The fourth-order valence-electron chi connectivity index (χ4n) is 2.99. The van der Waals surface area contributed by atoms with Gasteiger partial charge in [0.15, 0.2) is 0 Å². The molecule has 5 heteroatoms. The number of rotatable bonds is 5. The minimum absolute atomic E-state index is 0.199. The second-order valence-corrected chi connectivity index (χ2v) is 6.79. The van der Waals surface area contributed by atoms with Gasteiger partial charge in [0.05, 0.1) is 6.04 Å². The fourth-order valence-corrected chi connectivity index (χ4v) is 3.28. The van der Waals surface area contributed by atoms with E-state index in [0.29, 0.717) is 16.1 Å². The van der Waals surface area contributed by atoms with E-state index >= 15 is 0 Å². The Labute approximate surface area is 157 Å². The van der Waals surface area contributed by atoms with Crippen LogP contribution in [0.1, 0.15) is 22.0 Å². The molecule has 0 unspecified atom stereocenters. The lowest BCUT2D eigenvalue weighted by molar-refractivity contribution is 0.0941. The summed E-state index contributed by atoms with van der Waals surface area (Å²) in [7, 11) is 3.66. The first-order valence-corrected chi connectivity index (χ1v) is 8.72. The van der Waals surface area contributed by atoms with Crippen LogP contribution in [0, 0.1) is 5.82 Å². The molecule has 0 fully saturated rings. The summed E-state index contributed by atoms with van der Waals surface area (Å²) in [4.78, 5) is 14.4. The van der Waals surface area contributed by atoms with Crippen LogP contribution in [-0.2, 0) is 0 Å². The van der Waals surface area contributed by atoms with Crippen LogP contribution in [0.25, 0.3) is 10.8 Å². The van der Waals surface area contributed by atoms with Crippen LogP contribution >= 0.6 is 11.6 Å². The quantitative estimate of drug-likeness (QED) is 0.708. The zero-order chi connectivity index (χ0) is 18.7. The summed E-state index contributed by atoms with van der Waals surface area (Å²) in [5.41, 5.74) is 0.957. The molecular formula is C21H20ClFN2O. The first-order chi connectivity index (χ1) is 12.5. The Kier molecular flexibility index (Phi) is 5.55. The van der Waals surface area contributed by atoms with Gasteiger partial charge in [-0.25, -0.2) is 4.39 Å². The van der Waals surface area contributed by atoms with Crippen LogP contribution in [0.15, 0.2) is 60.7 Å². The van der Waals surface area contributed by atoms with E-state index in [9.17, 15) is 9.18 Å². The molecule has 3 aromatic rings. The third-order valence-corrected chi connectivity index (χ3v) is 4.75. The predicted molar refractivity (Wildman–Crippen MR) is 104 cm³/mol. The second kappa shape index (κ2) is 7.85. The number of carbonyl (C=O) groups excluding carboxylic acids is 1. The molecule has 26 heavy (non-hydrogen) atoms. The van der Waals surface area contributed by atoms with Gasteiger partial charge in [0.1, 0.15) is 5.82 Å². The van der Waals surface area contributed by atoms with Gasteiger partial charge in [0, 0.05) is 22.7 Å². The van der Waals surface area contributed by atoms with Crippen molar-refractivity contribution >= 4 is 28.3 Å². The molecule has 3 nitrogen and oxygen atoms in total. The lowest BCUT2D eigenvalue weighted by Crippen LogP contribution is -2.35. The van der Waals surface area contributed by atoms with Crippen molar-refractivity contribution in [1.82, 2.24) is 10.2 Å². The average Bonchev–Trinajstić information content (AvgIpc) is 2.63. The van der Waals surface area contributed by atoms with Crippen LogP contribution in [-0.4, -0.2) is 31.4 Å². The van der Waals surface area contributed by atoms with E-state index in [1.807, 2.05) is 55.4 Å². The Bertz CT molecular complexity index is 922. The van der Waals surface area contributed by atoms with Gasteiger partial charge < -0.3 is 10.2 Å². The number of nitrogens with zero attached hydrogens (tertiary/aromatic N) is 1. The van der Waals surface area contributed by atoms with Crippen molar-refractivity contribution in [1.29, 1.82) is 0 Å². The van der Waals surface area contributed by atoms with Crippen molar-refractivity contribution in [2.75, 3.05) is 20.6 Å². The number of hydrogen-bond donors (Lipinski definition) is 1. The van der Waals surface area contributed by atoms with E-state index in [4.69, 9.17) is 11.6 Å². The molecule has 0 bridgehead atoms. The highest BCUT2D eigenvalue weighted by molar-refractivity contribution is 6.31. The van der Waals surface area contributed by atoms with Crippen molar-refractivity contribution < 1.29 is 9.18 Å². The zero-order valence-corrected chi connectivity index (χ0v) is 15.4. The molecule has 0 aliphatic carbocycles. The number of carbonyl (C=O) groups is 1. The van der Waals surface area contributed by atoms with Gasteiger partial charge in [-0.2, -0.15) is 0 Å². The van der Waals surface area contributed by atoms with Gasteiger partial charge >= 0.3 is 0 Å². The molecule has 0 aromatic heterocycles. The van der Waals surface area contributed by atoms with Crippen molar-refractivity contribution in [3.63, 3.8) is 0 Å². The van der Waals surface area contributed by atoms with Gasteiger partial charge in [-0.05, 0) is 49.1 Å².